The summed E-state index contributed by atoms with van der Waals surface area (Å²) < 4.78 is 11.6. The third kappa shape index (κ3) is 4.82. The summed E-state index contributed by atoms with van der Waals surface area (Å²) in [6.45, 7) is 4.41. The number of esters is 1. The first kappa shape index (κ1) is 23.5. The number of carbonyl (C=O) groups is 2. The smallest absolute Gasteiger partial charge is 0.336 e. The van der Waals surface area contributed by atoms with Crippen molar-refractivity contribution < 1.29 is 19.1 Å². The van der Waals surface area contributed by atoms with Crippen molar-refractivity contribution in [1.82, 2.24) is 0 Å². The zero-order valence-electron chi connectivity index (χ0n) is 20.5. The van der Waals surface area contributed by atoms with Crippen molar-refractivity contribution in [3.8, 4) is 5.75 Å². The summed E-state index contributed by atoms with van der Waals surface area (Å²) in [5.74, 6) is -0.134. The van der Waals surface area contributed by atoms with Gasteiger partial charge in [-0.1, -0.05) is 42.5 Å². The Hall–Kier alpha value is -3.21. The monoisotopic (exact) mass is 471 g/mol. The molecule has 3 atom stereocenters. The molecule has 3 aliphatic rings. The van der Waals surface area contributed by atoms with Gasteiger partial charge in [-0.05, 0) is 75.1 Å². The van der Waals surface area contributed by atoms with E-state index < -0.39 is 11.8 Å². The highest BCUT2D eigenvalue weighted by molar-refractivity contribution is 6.12. The van der Waals surface area contributed by atoms with Gasteiger partial charge in [0.2, 0.25) is 0 Å². The van der Waals surface area contributed by atoms with Crippen molar-refractivity contribution in [1.29, 1.82) is 0 Å². The lowest BCUT2D eigenvalue weighted by Gasteiger charge is -2.38. The van der Waals surface area contributed by atoms with Crippen molar-refractivity contribution in [3.63, 3.8) is 0 Å². The first-order valence-electron chi connectivity index (χ1n) is 12.8. The Labute approximate surface area is 207 Å². The fourth-order valence-corrected chi connectivity index (χ4v) is 5.92. The summed E-state index contributed by atoms with van der Waals surface area (Å²) in [6.07, 6.45) is 5.11. The highest BCUT2D eigenvalue weighted by Gasteiger charge is 2.46. The van der Waals surface area contributed by atoms with Crippen molar-refractivity contribution in [2.24, 2.45) is 10.9 Å². The van der Waals surface area contributed by atoms with Crippen LogP contribution in [-0.2, 0) is 14.3 Å². The molecule has 0 spiro atoms. The molecule has 1 unspecified atom stereocenters. The number of fused-ring (bicyclic) bond motifs is 1. The van der Waals surface area contributed by atoms with E-state index in [0.29, 0.717) is 24.3 Å². The predicted octanol–water partition coefficient (Wildman–Crippen LogP) is 6.15. The van der Waals surface area contributed by atoms with E-state index in [1.807, 2.05) is 56.3 Å². The largest absolute Gasteiger partial charge is 0.494 e. The summed E-state index contributed by atoms with van der Waals surface area (Å²) in [5.41, 5.74) is 4.16. The number of nitrogens with zero attached hydrogens (tertiary/aromatic N) is 1. The van der Waals surface area contributed by atoms with Crippen molar-refractivity contribution in [2.45, 2.75) is 70.3 Å². The number of carbonyl (C=O) groups excluding carboxylic acids is 2. The number of aliphatic imine (C=N–C) groups is 1. The van der Waals surface area contributed by atoms with E-state index >= 15 is 0 Å². The summed E-state index contributed by atoms with van der Waals surface area (Å²) in [5, 5.41) is 0. The molecule has 2 saturated carbocycles. The van der Waals surface area contributed by atoms with Crippen molar-refractivity contribution in [3.05, 3.63) is 77.0 Å². The number of hydrogen-bond donors (Lipinski definition) is 0. The first-order valence-corrected chi connectivity index (χ1v) is 12.8. The molecule has 2 aromatic rings. The molecule has 0 amide bonds. The van der Waals surface area contributed by atoms with Crippen LogP contribution in [0.1, 0.15) is 75.3 Å². The quantitative estimate of drug-likeness (QED) is 0.474. The summed E-state index contributed by atoms with van der Waals surface area (Å²) in [7, 11) is 0. The molecule has 5 rings (SSSR count). The van der Waals surface area contributed by atoms with Gasteiger partial charge >= 0.3 is 5.97 Å². The van der Waals surface area contributed by atoms with Crippen LogP contribution in [-0.4, -0.2) is 30.2 Å². The third-order valence-electron chi connectivity index (χ3n) is 7.57. The summed E-state index contributed by atoms with van der Waals surface area (Å²) >= 11 is 0. The van der Waals surface area contributed by atoms with Gasteiger partial charge in [0.15, 0.2) is 0 Å². The zero-order valence-corrected chi connectivity index (χ0v) is 20.5. The third-order valence-corrected chi connectivity index (χ3v) is 7.57. The van der Waals surface area contributed by atoms with E-state index in [2.05, 4.69) is 12.1 Å². The van der Waals surface area contributed by atoms with E-state index in [0.717, 1.165) is 54.7 Å². The first-order chi connectivity index (χ1) is 17.0. The number of hydrogen-bond acceptors (Lipinski definition) is 5. The Balaban J connectivity index is 1.53. The number of ketones is 1. The molecule has 5 heteroatoms. The van der Waals surface area contributed by atoms with Gasteiger partial charge < -0.3 is 9.47 Å². The highest BCUT2D eigenvalue weighted by Crippen LogP contribution is 2.46. The Morgan fingerprint density at radius 1 is 0.943 bits per heavy atom. The van der Waals surface area contributed by atoms with Gasteiger partial charge in [0.25, 0.3) is 0 Å². The van der Waals surface area contributed by atoms with Crippen LogP contribution in [0.4, 0.5) is 0 Å². The lowest BCUT2D eigenvalue weighted by atomic mass is 9.66. The molecule has 2 aromatic carbocycles. The van der Waals surface area contributed by atoms with Gasteiger partial charge in [-0.15, -0.1) is 0 Å². The zero-order chi connectivity index (χ0) is 24.4. The second kappa shape index (κ2) is 10.2. The van der Waals surface area contributed by atoms with Crippen LogP contribution >= 0.6 is 0 Å². The van der Waals surface area contributed by atoms with Crippen LogP contribution < -0.4 is 4.74 Å². The van der Waals surface area contributed by atoms with Crippen LogP contribution in [0.25, 0.3) is 0 Å². The Kier molecular flexibility index (Phi) is 6.85. The molecule has 0 N–H and O–H groups in total. The maximum atomic E-state index is 13.7. The van der Waals surface area contributed by atoms with Gasteiger partial charge in [-0.25, -0.2) is 4.79 Å². The lowest BCUT2D eigenvalue weighted by molar-refractivity contribution is -0.144. The molecule has 35 heavy (non-hydrogen) atoms. The average molecular weight is 472 g/mol. The van der Waals surface area contributed by atoms with Gasteiger partial charge in [0.05, 0.1) is 18.1 Å². The number of Topliss-reactive ketones (excluding diaryl/α,β-unsaturated/α-hetero) is 1. The van der Waals surface area contributed by atoms with Crippen LogP contribution in [0, 0.1) is 5.92 Å². The van der Waals surface area contributed by atoms with Crippen LogP contribution in [0.15, 0.2) is 70.9 Å². The Morgan fingerprint density at radius 3 is 2.34 bits per heavy atom. The molecule has 2 aliphatic carbocycles. The molecule has 0 aromatic heterocycles. The van der Waals surface area contributed by atoms with Gasteiger partial charge in [0, 0.05) is 23.7 Å². The van der Waals surface area contributed by atoms with Crippen LogP contribution in [0.3, 0.4) is 0 Å². The number of rotatable bonds is 6. The summed E-state index contributed by atoms with van der Waals surface area (Å²) in [6, 6.07) is 18.0. The number of ether oxygens (including phenoxy) is 2. The molecule has 0 radical (unpaired) electrons. The Morgan fingerprint density at radius 2 is 1.66 bits per heavy atom. The maximum Gasteiger partial charge on any atom is 0.336 e. The minimum atomic E-state index is -0.442. The lowest BCUT2D eigenvalue weighted by Crippen LogP contribution is -2.41. The standard InChI is InChI=1S/C30H33NO4/c1-3-34-23-15-13-21(14-16-23)28-27(30(33)35-24-11-7-8-12-24)19(2)31-25-17-22(18-26(32)29(25)28)20-9-5-4-6-10-20/h4-6,9-10,13-16,22,24,28-29H,3,7-8,11-12,17-18H2,1-2H3/t22-,28+,29?/m0/s1. The van der Waals surface area contributed by atoms with Crippen molar-refractivity contribution in [2.75, 3.05) is 6.61 Å². The fourth-order valence-electron chi connectivity index (χ4n) is 5.92. The Bertz CT molecular complexity index is 1140. The van der Waals surface area contributed by atoms with Gasteiger partial charge in [-0.2, -0.15) is 0 Å². The molecule has 1 heterocycles. The van der Waals surface area contributed by atoms with E-state index in [9.17, 15) is 9.59 Å². The van der Waals surface area contributed by atoms with E-state index in [1.54, 1.807) is 0 Å². The van der Waals surface area contributed by atoms with Crippen LogP contribution in [0.5, 0.6) is 5.75 Å². The minimum Gasteiger partial charge on any atom is -0.494 e. The molecule has 0 bridgehead atoms. The van der Waals surface area contributed by atoms with Crippen molar-refractivity contribution >= 4 is 17.5 Å². The SMILES string of the molecule is CCOc1ccc([C@@H]2C(C(=O)OC3CCCC3)=C(C)N=C3C[C@H](c4ccccc4)CC(=O)C32)cc1. The molecule has 0 saturated heterocycles. The maximum absolute atomic E-state index is 13.7. The van der Waals surface area contributed by atoms with E-state index in [4.69, 9.17) is 14.5 Å². The normalized spacial score (nSPS) is 24.7. The topological polar surface area (TPSA) is 65.0 Å². The van der Waals surface area contributed by atoms with Crippen LogP contribution in [0.2, 0.25) is 0 Å². The molecule has 5 nitrogen and oxygen atoms in total. The van der Waals surface area contributed by atoms with Gasteiger partial charge in [-0.3, -0.25) is 9.79 Å². The molecule has 1 aliphatic heterocycles. The van der Waals surface area contributed by atoms with E-state index in [1.165, 1.54) is 0 Å². The number of benzene rings is 2. The highest BCUT2D eigenvalue weighted by atomic mass is 16.5. The van der Waals surface area contributed by atoms with E-state index in [-0.39, 0.29) is 23.8 Å². The predicted molar refractivity (Wildman–Crippen MR) is 136 cm³/mol. The molecule has 2 fully saturated rings. The van der Waals surface area contributed by atoms with Gasteiger partial charge in [0.1, 0.15) is 17.6 Å². The second-order valence-corrected chi connectivity index (χ2v) is 9.85. The molecule has 182 valence electrons. The fraction of sp³-hybridized carbons (Fsp3) is 0.433. The minimum absolute atomic E-state index is 0.0429. The average Bonchev–Trinajstić information content (AvgIpc) is 3.37. The molecular formula is C30H33NO4. The second-order valence-electron chi connectivity index (χ2n) is 9.85. The molecular weight excluding hydrogens is 438 g/mol. The summed E-state index contributed by atoms with van der Waals surface area (Å²) in [4.78, 5) is 32.1. The number of allylic oxidation sites excluding steroid dienone is 1.